The number of carbonyl (C=O) groups is 2. The topological polar surface area (TPSA) is 76.5 Å². The molecule has 0 saturated carbocycles. The fourth-order valence-electron chi connectivity index (χ4n) is 1.46. The second-order valence-corrected chi connectivity index (χ2v) is 4.08. The van der Waals surface area contributed by atoms with Gasteiger partial charge in [-0.2, -0.15) is 10.2 Å². The Bertz CT molecular complexity index is 366. The molecule has 1 heterocycles. The third kappa shape index (κ3) is 1.53. The Morgan fingerprint density at radius 3 is 2.31 bits per heavy atom. The van der Waals surface area contributed by atoms with Crippen molar-refractivity contribution in [1.29, 1.82) is 0 Å². The van der Waals surface area contributed by atoms with Gasteiger partial charge in [0.2, 0.25) is 0 Å². The van der Waals surface area contributed by atoms with E-state index in [4.69, 9.17) is 0 Å². The average Bonchev–Trinajstić information content (AvgIpc) is 2.41. The fraction of sp³-hybridized carbons (Fsp3) is 0.667. The lowest BCUT2D eigenvalue weighted by atomic mass is 9.96. The minimum Gasteiger partial charge on any atom is -0.329 e. The zero-order chi connectivity index (χ0) is 12.7. The maximum Gasteiger partial charge on any atom is 0.344 e. The summed E-state index contributed by atoms with van der Waals surface area (Å²) in [4.78, 5) is 24.6. The molecule has 3 amide bonds. The molecule has 7 heteroatoms. The highest BCUT2D eigenvalue weighted by molar-refractivity contribution is 6.16. The molecule has 0 aromatic carbocycles. The molecule has 0 aromatic rings. The Hall–Kier alpha value is -1.63. The second-order valence-electron chi connectivity index (χ2n) is 4.08. The highest BCUT2D eigenvalue weighted by atomic mass is 16.5. The van der Waals surface area contributed by atoms with Gasteiger partial charge in [-0.25, -0.2) is 9.80 Å². The van der Waals surface area contributed by atoms with E-state index < -0.39 is 17.5 Å². The molecule has 1 N–H and O–H groups in total. The average molecular weight is 228 g/mol. The van der Waals surface area contributed by atoms with Gasteiger partial charge in [-0.05, 0) is 13.8 Å². The molecule has 1 unspecified atom stereocenters. The molecule has 1 rings (SSSR count). The number of hydrogen-bond acceptors (Lipinski definition) is 4. The van der Waals surface area contributed by atoms with Crippen molar-refractivity contribution in [3.05, 3.63) is 0 Å². The number of hydroxylamine groups is 2. The molecule has 0 bridgehead atoms. The van der Waals surface area contributed by atoms with Gasteiger partial charge in [0.05, 0.1) is 5.71 Å². The van der Waals surface area contributed by atoms with Gasteiger partial charge in [-0.3, -0.25) is 10.0 Å². The first-order valence-corrected chi connectivity index (χ1v) is 4.77. The SMILES string of the molecule is CC1=NN(C)C(=O)C1(C)N(O)C(=O)N(C)C. The Balaban J connectivity index is 3.08. The molecule has 0 saturated heterocycles. The van der Waals surface area contributed by atoms with E-state index in [9.17, 15) is 14.8 Å². The van der Waals surface area contributed by atoms with E-state index in [1.807, 2.05) is 0 Å². The summed E-state index contributed by atoms with van der Waals surface area (Å²) in [6.45, 7) is 3.05. The lowest BCUT2D eigenvalue weighted by Gasteiger charge is -2.32. The van der Waals surface area contributed by atoms with Crippen LogP contribution in [0.3, 0.4) is 0 Å². The lowest BCUT2D eigenvalue weighted by Crippen LogP contribution is -2.59. The van der Waals surface area contributed by atoms with E-state index in [1.54, 1.807) is 6.92 Å². The summed E-state index contributed by atoms with van der Waals surface area (Å²) in [5.74, 6) is -0.442. The molecular weight excluding hydrogens is 212 g/mol. The van der Waals surface area contributed by atoms with Crippen molar-refractivity contribution in [3.63, 3.8) is 0 Å². The van der Waals surface area contributed by atoms with Crippen LogP contribution in [0.15, 0.2) is 5.10 Å². The standard InChI is InChI=1S/C9H16N4O3/c1-6-9(2,7(14)12(5)10-6)13(16)8(15)11(3)4/h16H,1-5H3. The summed E-state index contributed by atoms with van der Waals surface area (Å²) in [5.41, 5.74) is -1.05. The highest BCUT2D eigenvalue weighted by Gasteiger charge is 2.51. The molecule has 1 aliphatic rings. The lowest BCUT2D eigenvalue weighted by molar-refractivity contribution is -0.153. The number of hydrazone groups is 1. The quantitative estimate of drug-likeness (QED) is 0.505. The van der Waals surface area contributed by atoms with Crippen LogP contribution in [-0.2, 0) is 4.79 Å². The molecule has 0 spiro atoms. The van der Waals surface area contributed by atoms with Crippen molar-refractivity contribution in [2.24, 2.45) is 5.10 Å². The largest absolute Gasteiger partial charge is 0.344 e. The zero-order valence-electron chi connectivity index (χ0n) is 10.1. The number of hydrogen-bond donors (Lipinski definition) is 1. The molecule has 90 valence electrons. The first kappa shape index (κ1) is 12.4. The smallest absolute Gasteiger partial charge is 0.329 e. The monoisotopic (exact) mass is 228 g/mol. The Morgan fingerprint density at radius 1 is 1.50 bits per heavy atom. The van der Waals surface area contributed by atoms with Crippen LogP contribution in [0.4, 0.5) is 4.79 Å². The molecular formula is C9H16N4O3. The van der Waals surface area contributed by atoms with Gasteiger partial charge in [0, 0.05) is 21.1 Å². The Morgan fingerprint density at radius 2 is 2.00 bits per heavy atom. The first-order valence-electron chi connectivity index (χ1n) is 4.77. The van der Waals surface area contributed by atoms with Crippen molar-refractivity contribution in [2.75, 3.05) is 21.1 Å². The summed E-state index contributed by atoms with van der Waals surface area (Å²) in [6, 6.07) is -0.666. The molecule has 7 nitrogen and oxygen atoms in total. The molecule has 0 fully saturated rings. The van der Waals surface area contributed by atoms with Crippen LogP contribution in [-0.4, -0.2) is 64.5 Å². The van der Waals surface area contributed by atoms with Gasteiger partial charge in [0.1, 0.15) is 0 Å². The third-order valence-electron chi connectivity index (χ3n) is 2.70. The summed E-state index contributed by atoms with van der Waals surface area (Å²) in [6.07, 6.45) is 0. The summed E-state index contributed by atoms with van der Waals surface area (Å²) < 4.78 is 0. The molecule has 0 radical (unpaired) electrons. The van der Waals surface area contributed by atoms with E-state index in [-0.39, 0.29) is 0 Å². The van der Waals surface area contributed by atoms with E-state index >= 15 is 0 Å². The van der Waals surface area contributed by atoms with Crippen molar-refractivity contribution in [3.8, 4) is 0 Å². The Labute approximate surface area is 93.9 Å². The van der Waals surface area contributed by atoms with Crippen LogP contribution in [0.2, 0.25) is 0 Å². The van der Waals surface area contributed by atoms with E-state index in [0.29, 0.717) is 10.8 Å². The van der Waals surface area contributed by atoms with Crippen LogP contribution in [0, 0.1) is 0 Å². The minimum absolute atomic E-state index is 0.373. The maximum atomic E-state index is 11.8. The number of urea groups is 1. The number of likely N-dealkylation sites (N-methyl/N-ethyl adjacent to an activating group) is 1. The zero-order valence-corrected chi connectivity index (χ0v) is 10.1. The normalized spacial score (nSPS) is 24.5. The summed E-state index contributed by atoms with van der Waals surface area (Å²) in [5, 5.41) is 15.3. The summed E-state index contributed by atoms with van der Waals surface area (Å²) in [7, 11) is 4.46. The van der Waals surface area contributed by atoms with Gasteiger partial charge in [-0.15, -0.1) is 0 Å². The highest BCUT2D eigenvalue weighted by Crippen LogP contribution is 2.25. The summed E-state index contributed by atoms with van der Waals surface area (Å²) >= 11 is 0. The van der Waals surface area contributed by atoms with Gasteiger partial charge in [-0.1, -0.05) is 0 Å². The fourth-order valence-corrected chi connectivity index (χ4v) is 1.46. The molecule has 0 aliphatic carbocycles. The van der Waals surface area contributed by atoms with Crippen LogP contribution in [0.5, 0.6) is 0 Å². The van der Waals surface area contributed by atoms with E-state index in [1.165, 1.54) is 33.0 Å². The minimum atomic E-state index is -1.42. The van der Waals surface area contributed by atoms with Gasteiger partial charge in [0.15, 0.2) is 5.54 Å². The molecule has 16 heavy (non-hydrogen) atoms. The predicted molar refractivity (Wildman–Crippen MR) is 57.0 cm³/mol. The third-order valence-corrected chi connectivity index (χ3v) is 2.70. The predicted octanol–water partition coefficient (Wildman–Crippen LogP) is -0.0342. The molecule has 1 aliphatic heterocycles. The van der Waals surface area contributed by atoms with Gasteiger partial charge < -0.3 is 4.90 Å². The van der Waals surface area contributed by atoms with Crippen LogP contribution < -0.4 is 0 Å². The van der Waals surface area contributed by atoms with E-state index in [0.717, 1.165) is 5.01 Å². The van der Waals surface area contributed by atoms with Crippen LogP contribution >= 0.6 is 0 Å². The maximum absolute atomic E-state index is 11.8. The van der Waals surface area contributed by atoms with Crippen LogP contribution in [0.25, 0.3) is 0 Å². The van der Waals surface area contributed by atoms with E-state index in [2.05, 4.69) is 5.10 Å². The van der Waals surface area contributed by atoms with Crippen molar-refractivity contribution in [2.45, 2.75) is 19.4 Å². The molecule has 1 atom stereocenters. The number of rotatable bonds is 1. The number of carbonyl (C=O) groups excluding carboxylic acids is 2. The van der Waals surface area contributed by atoms with Crippen molar-refractivity contribution < 1.29 is 14.8 Å². The van der Waals surface area contributed by atoms with Gasteiger partial charge in [0.25, 0.3) is 5.91 Å². The second kappa shape index (κ2) is 3.75. The number of nitrogens with zero attached hydrogens (tertiary/aromatic N) is 4. The number of amides is 3. The van der Waals surface area contributed by atoms with Crippen molar-refractivity contribution >= 4 is 17.6 Å². The Kier molecular flexibility index (Phi) is 2.91. The first-order chi connectivity index (χ1) is 7.22. The van der Waals surface area contributed by atoms with Gasteiger partial charge >= 0.3 is 6.03 Å². The van der Waals surface area contributed by atoms with Crippen LogP contribution in [0.1, 0.15) is 13.8 Å². The van der Waals surface area contributed by atoms with Crippen molar-refractivity contribution in [1.82, 2.24) is 15.0 Å². The molecule has 0 aromatic heterocycles.